The third-order valence-electron chi connectivity index (χ3n) is 3.41. The van der Waals surface area contributed by atoms with Crippen molar-refractivity contribution in [2.24, 2.45) is 5.92 Å². The highest BCUT2D eigenvalue weighted by atomic mass is 16.2. The first kappa shape index (κ1) is 10.5. The summed E-state index contributed by atoms with van der Waals surface area (Å²) in [6.45, 7) is 4.11. The first-order chi connectivity index (χ1) is 7.25. The summed E-state index contributed by atoms with van der Waals surface area (Å²) in [6, 6.07) is 0.479. The van der Waals surface area contributed by atoms with Crippen molar-refractivity contribution in [3.05, 3.63) is 12.2 Å². The molecule has 0 atom stereocenters. The zero-order valence-corrected chi connectivity index (χ0v) is 9.41. The molecule has 0 radical (unpaired) electrons. The van der Waals surface area contributed by atoms with Gasteiger partial charge in [-0.2, -0.15) is 0 Å². The molecule has 1 fully saturated rings. The molecule has 3 nitrogen and oxygen atoms in total. The van der Waals surface area contributed by atoms with Crippen LogP contribution in [0.25, 0.3) is 0 Å². The smallest absolute Gasteiger partial charge is 0.317 e. The van der Waals surface area contributed by atoms with E-state index < -0.39 is 0 Å². The van der Waals surface area contributed by atoms with Crippen molar-refractivity contribution in [3.63, 3.8) is 0 Å². The van der Waals surface area contributed by atoms with Gasteiger partial charge in [0.15, 0.2) is 0 Å². The number of amides is 2. The Kier molecular flexibility index (Phi) is 3.29. The average molecular weight is 208 g/mol. The third-order valence-corrected chi connectivity index (χ3v) is 3.41. The normalized spacial score (nSPS) is 23.4. The molecular weight excluding hydrogens is 188 g/mol. The van der Waals surface area contributed by atoms with Crippen LogP contribution in [-0.2, 0) is 0 Å². The van der Waals surface area contributed by atoms with Gasteiger partial charge in [0.05, 0.1) is 0 Å². The minimum atomic E-state index is 0.135. The first-order valence-corrected chi connectivity index (χ1v) is 5.96. The van der Waals surface area contributed by atoms with Crippen LogP contribution in [0.2, 0.25) is 0 Å². The van der Waals surface area contributed by atoms with Gasteiger partial charge in [-0.3, -0.25) is 0 Å². The van der Waals surface area contributed by atoms with Crippen LogP contribution in [-0.4, -0.2) is 30.1 Å². The van der Waals surface area contributed by atoms with Crippen LogP contribution >= 0.6 is 0 Å². The maximum absolute atomic E-state index is 11.8. The highest BCUT2D eigenvalue weighted by molar-refractivity contribution is 5.74. The summed E-state index contributed by atoms with van der Waals surface area (Å²) in [4.78, 5) is 13.8. The number of hydrogen-bond acceptors (Lipinski definition) is 1. The summed E-state index contributed by atoms with van der Waals surface area (Å²) in [6.07, 6.45) is 8.57. The number of hydrogen-bond donors (Lipinski definition) is 1. The van der Waals surface area contributed by atoms with Crippen molar-refractivity contribution in [2.75, 3.05) is 13.1 Å². The van der Waals surface area contributed by atoms with Gasteiger partial charge in [-0.05, 0) is 31.6 Å². The van der Waals surface area contributed by atoms with E-state index in [9.17, 15) is 4.79 Å². The molecule has 0 saturated carbocycles. The van der Waals surface area contributed by atoms with Crippen molar-refractivity contribution in [2.45, 2.75) is 38.6 Å². The van der Waals surface area contributed by atoms with Crippen LogP contribution in [0.5, 0.6) is 0 Å². The number of carbonyl (C=O) groups excluding carboxylic acids is 1. The van der Waals surface area contributed by atoms with Crippen molar-refractivity contribution in [1.29, 1.82) is 0 Å². The Morgan fingerprint density at radius 3 is 2.47 bits per heavy atom. The lowest BCUT2D eigenvalue weighted by Gasteiger charge is -2.31. The number of rotatable bonds is 1. The molecule has 2 rings (SSSR count). The number of piperidine rings is 1. The van der Waals surface area contributed by atoms with E-state index in [1.165, 1.54) is 0 Å². The lowest BCUT2D eigenvalue weighted by molar-refractivity contribution is 0.171. The Hall–Kier alpha value is -0.990. The Balaban J connectivity index is 1.75. The van der Waals surface area contributed by atoms with Gasteiger partial charge < -0.3 is 10.2 Å². The van der Waals surface area contributed by atoms with Crippen molar-refractivity contribution in [3.8, 4) is 0 Å². The summed E-state index contributed by atoms with van der Waals surface area (Å²) < 4.78 is 0. The number of likely N-dealkylation sites (tertiary alicyclic amines) is 1. The number of nitrogens with one attached hydrogen (secondary N) is 1. The van der Waals surface area contributed by atoms with E-state index in [1.54, 1.807) is 0 Å². The van der Waals surface area contributed by atoms with Crippen LogP contribution in [0.1, 0.15) is 32.6 Å². The molecular formula is C12H20N2O. The monoisotopic (exact) mass is 208 g/mol. The highest BCUT2D eigenvalue weighted by Gasteiger charge is 2.22. The Morgan fingerprint density at radius 2 is 1.87 bits per heavy atom. The third kappa shape index (κ3) is 2.74. The van der Waals surface area contributed by atoms with Gasteiger partial charge >= 0.3 is 6.03 Å². The first-order valence-electron chi connectivity index (χ1n) is 5.96. The fourth-order valence-electron chi connectivity index (χ4n) is 2.21. The van der Waals surface area contributed by atoms with E-state index in [1.807, 2.05) is 4.90 Å². The minimum Gasteiger partial charge on any atom is -0.335 e. The quantitative estimate of drug-likeness (QED) is 0.658. The number of nitrogens with zero attached hydrogens (tertiary/aromatic N) is 1. The molecule has 1 aliphatic carbocycles. The molecule has 0 unspecified atom stereocenters. The van der Waals surface area contributed by atoms with Crippen LogP contribution in [0.4, 0.5) is 4.79 Å². The molecule has 1 aliphatic heterocycles. The molecule has 1 N–H and O–H groups in total. The molecule has 0 spiro atoms. The predicted octanol–water partition coefficient (Wildman–Crippen LogP) is 2.15. The van der Waals surface area contributed by atoms with E-state index >= 15 is 0 Å². The van der Waals surface area contributed by atoms with Gasteiger partial charge in [-0.25, -0.2) is 4.79 Å². The van der Waals surface area contributed by atoms with E-state index in [4.69, 9.17) is 0 Å². The molecule has 15 heavy (non-hydrogen) atoms. The fraction of sp³-hybridized carbons (Fsp3) is 0.750. The maximum Gasteiger partial charge on any atom is 0.317 e. The molecule has 2 amide bonds. The molecule has 0 aromatic heterocycles. The molecule has 3 heteroatoms. The summed E-state index contributed by atoms with van der Waals surface area (Å²) in [5, 5.41) is 3.09. The standard InChI is InChI=1S/C12H20N2O/c1-10-6-8-14(9-7-10)12(15)13-11-4-2-3-5-11/h2-3,10-11H,4-9H2,1H3,(H,13,15). The Morgan fingerprint density at radius 1 is 1.27 bits per heavy atom. The molecule has 1 heterocycles. The predicted molar refractivity (Wildman–Crippen MR) is 60.7 cm³/mol. The number of carbonyl (C=O) groups is 1. The van der Waals surface area contributed by atoms with Gasteiger partial charge in [0.1, 0.15) is 0 Å². The molecule has 0 bridgehead atoms. The van der Waals surface area contributed by atoms with Gasteiger partial charge in [0, 0.05) is 19.1 Å². The van der Waals surface area contributed by atoms with Gasteiger partial charge in [-0.15, -0.1) is 0 Å². The SMILES string of the molecule is CC1CCN(C(=O)NC2CC=CC2)CC1. The summed E-state index contributed by atoms with van der Waals surface area (Å²) in [5.41, 5.74) is 0. The lowest BCUT2D eigenvalue weighted by Crippen LogP contribution is -2.47. The number of urea groups is 1. The molecule has 2 aliphatic rings. The van der Waals surface area contributed by atoms with E-state index in [0.717, 1.165) is 44.7 Å². The average Bonchev–Trinajstić information content (AvgIpc) is 2.71. The molecule has 84 valence electrons. The fourth-order valence-corrected chi connectivity index (χ4v) is 2.21. The van der Waals surface area contributed by atoms with E-state index in [-0.39, 0.29) is 6.03 Å². The molecule has 0 aromatic carbocycles. The molecule has 0 aromatic rings. The second-order valence-corrected chi connectivity index (χ2v) is 4.76. The van der Waals surface area contributed by atoms with Crippen molar-refractivity contribution in [1.82, 2.24) is 10.2 Å². The second kappa shape index (κ2) is 4.69. The summed E-state index contributed by atoms with van der Waals surface area (Å²) in [7, 11) is 0. The topological polar surface area (TPSA) is 32.3 Å². The van der Waals surface area contributed by atoms with E-state index in [2.05, 4.69) is 24.4 Å². The van der Waals surface area contributed by atoms with Crippen molar-refractivity contribution < 1.29 is 4.79 Å². The second-order valence-electron chi connectivity index (χ2n) is 4.76. The Bertz CT molecular complexity index is 246. The Labute approximate surface area is 91.5 Å². The minimum absolute atomic E-state index is 0.135. The zero-order valence-electron chi connectivity index (χ0n) is 9.41. The van der Waals surface area contributed by atoms with Crippen LogP contribution < -0.4 is 5.32 Å². The summed E-state index contributed by atoms with van der Waals surface area (Å²) >= 11 is 0. The lowest BCUT2D eigenvalue weighted by atomic mass is 10.00. The molecule has 1 saturated heterocycles. The van der Waals surface area contributed by atoms with Crippen LogP contribution in [0.3, 0.4) is 0 Å². The maximum atomic E-state index is 11.8. The zero-order chi connectivity index (χ0) is 10.7. The summed E-state index contributed by atoms with van der Waals surface area (Å²) in [5.74, 6) is 0.780. The van der Waals surface area contributed by atoms with Crippen molar-refractivity contribution >= 4 is 6.03 Å². The van der Waals surface area contributed by atoms with Gasteiger partial charge in [-0.1, -0.05) is 19.1 Å². The van der Waals surface area contributed by atoms with Gasteiger partial charge in [0.2, 0.25) is 0 Å². The van der Waals surface area contributed by atoms with Crippen LogP contribution in [0, 0.1) is 5.92 Å². The van der Waals surface area contributed by atoms with E-state index in [0.29, 0.717) is 6.04 Å². The highest BCUT2D eigenvalue weighted by Crippen LogP contribution is 2.16. The van der Waals surface area contributed by atoms with Crippen LogP contribution in [0.15, 0.2) is 12.2 Å². The van der Waals surface area contributed by atoms with Gasteiger partial charge in [0.25, 0.3) is 0 Å². The largest absolute Gasteiger partial charge is 0.335 e.